The zero-order valence-corrected chi connectivity index (χ0v) is 24.8. The summed E-state index contributed by atoms with van der Waals surface area (Å²) in [4.78, 5) is 40.7. The lowest BCUT2D eigenvalue weighted by Crippen LogP contribution is -2.56. The van der Waals surface area contributed by atoms with E-state index in [0.29, 0.717) is 30.9 Å². The molecule has 4 bridgehead atoms. The van der Waals surface area contributed by atoms with Crippen LogP contribution >= 0.6 is 0 Å². The standard InChI is InChI=1S/C36H38N4O4/c1-24-13-15-26(16-14-24)23-38-35(42)33-22-28-10-6-12-30(20-28)44-29-11-5-9-27(19-29)21-31(37)34(41)39-32(36(43)40-33)18-17-25-7-3-2-4-8-25/h2-16,19-20,31-33H,17-18,21-23,37H2,1H3,(H,38,42)(H,39,41)(H,40,43)/t31-,32?,33?/m0/s1. The van der Waals surface area contributed by atoms with Crippen molar-refractivity contribution in [2.45, 2.75) is 57.3 Å². The molecule has 5 rings (SSSR count). The molecule has 2 unspecified atom stereocenters. The minimum Gasteiger partial charge on any atom is -0.457 e. The van der Waals surface area contributed by atoms with Gasteiger partial charge in [0.1, 0.15) is 23.6 Å². The van der Waals surface area contributed by atoms with Gasteiger partial charge in [0.05, 0.1) is 6.04 Å². The first kappa shape index (κ1) is 30.5. The fourth-order valence-electron chi connectivity index (χ4n) is 5.19. The van der Waals surface area contributed by atoms with Crippen molar-refractivity contribution in [3.8, 4) is 11.5 Å². The summed E-state index contributed by atoms with van der Waals surface area (Å²) in [6, 6.07) is 29.9. The van der Waals surface area contributed by atoms with Gasteiger partial charge in [0.2, 0.25) is 17.7 Å². The molecule has 0 aliphatic carbocycles. The van der Waals surface area contributed by atoms with Gasteiger partial charge in [-0.25, -0.2) is 0 Å². The Kier molecular flexibility index (Phi) is 10.0. The van der Waals surface area contributed by atoms with Gasteiger partial charge in [-0.2, -0.15) is 0 Å². The van der Waals surface area contributed by atoms with E-state index in [9.17, 15) is 14.4 Å². The van der Waals surface area contributed by atoms with Gasteiger partial charge in [-0.05, 0) is 72.7 Å². The van der Waals surface area contributed by atoms with Gasteiger partial charge in [-0.15, -0.1) is 0 Å². The fraction of sp³-hybridized carbons (Fsp3) is 0.250. The summed E-state index contributed by atoms with van der Waals surface area (Å²) in [5.74, 6) is -0.00923. The van der Waals surface area contributed by atoms with E-state index in [1.54, 1.807) is 0 Å². The van der Waals surface area contributed by atoms with E-state index in [-0.39, 0.29) is 18.7 Å². The highest BCUT2D eigenvalue weighted by molar-refractivity contribution is 5.93. The number of carbonyl (C=O) groups is 3. The largest absolute Gasteiger partial charge is 0.457 e. The van der Waals surface area contributed by atoms with Crippen molar-refractivity contribution < 1.29 is 19.1 Å². The molecule has 0 aromatic heterocycles. The van der Waals surface area contributed by atoms with Crippen LogP contribution in [-0.2, 0) is 40.2 Å². The molecule has 8 nitrogen and oxygen atoms in total. The van der Waals surface area contributed by atoms with E-state index in [0.717, 1.165) is 27.8 Å². The Morgan fingerprint density at radius 1 is 0.795 bits per heavy atom. The van der Waals surface area contributed by atoms with E-state index in [1.165, 1.54) is 0 Å². The molecule has 0 saturated carbocycles. The molecule has 1 aliphatic heterocycles. The Labute approximate surface area is 258 Å². The van der Waals surface area contributed by atoms with Crippen LogP contribution in [0.3, 0.4) is 0 Å². The number of carbonyl (C=O) groups excluding carboxylic acids is 3. The minimum absolute atomic E-state index is 0.224. The summed E-state index contributed by atoms with van der Waals surface area (Å²) in [6.45, 7) is 2.32. The highest BCUT2D eigenvalue weighted by atomic mass is 16.5. The number of fused-ring (bicyclic) bond motifs is 4. The van der Waals surface area contributed by atoms with Crippen molar-refractivity contribution >= 4 is 17.7 Å². The first-order valence-corrected chi connectivity index (χ1v) is 14.9. The predicted octanol–water partition coefficient (Wildman–Crippen LogP) is 4.13. The lowest BCUT2D eigenvalue weighted by Gasteiger charge is -2.25. The topological polar surface area (TPSA) is 123 Å². The molecule has 0 fully saturated rings. The Bertz CT molecular complexity index is 1590. The number of nitrogens with one attached hydrogen (secondary N) is 3. The first-order valence-electron chi connectivity index (χ1n) is 14.9. The average molecular weight is 591 g/mol. The molecule has 226 valence electrons. The zero-order valence-electron chi connectivity index (χ0n) is 24.8. The van der Waals surface area contributed by atoms with Gasteiger partial charge in [0.15, 0.2) is 0 Å². The van der Waals surface area contributed by atoms with Crippen LogP contribution in [0.15, 0.2) is 103 Å². The Hall–Kier alpha value is -4.95. The minimum atomic E-state index is -0.899. The maximum atomic E-state index is 13.8. The van der Waals surface area contributed by atoms with Crippen molar-refractivity contribution in [1.29, 1.82) is 0 Å². The van der Waals surface area contributed by atoms with E-state index >= 15 is 0 Å². The van der Waals surface area contributed by atoms with Gasteiger partial charge in [0.25, 0.3) is 0 Å². The van der Waals surface area contributed by atoms with Crippen molar-refractivity contribution in [3.05, 3.63) is 131 Å². The maximum absolute atomic E-state index is 13.8. The Morgan fingerprint density at radius 2 is 1.45 bits per heavy atom. The molecule has 8 heteroatoms. The number of amides is 3. The molecule has 4 aromatic carbocycles. The molecule has 44 heavy (non-hydrogen) atoms. The van der Waals surface area contributed by atoms with Crippen molar-refractivity contribution in [2.75, 3.05) is 0 Å². The molecule has 3 atom stereocenters. The summed E-state index contributed by atoms with van der Waals surface area (Å²) in [7, 11) is 0. The summed E-state index contributed by atoms with van der Waals surface area (Å²) >= 11 is 0. The van der Waals surface area contributed by atoms with Crippen LogP contribution in [-0.4, -0.2) is 35.8 Å². The summed E-state index contributed by atoms with van der Waals surface area (Å²) < 4.78 is 6.12. The van der Waals surface area contributed by atoms with E-state index < -0.39 is 29.9 Å². The summed E-state index contributed by atoms with van der Waals surface area (Å²) in [5, 5.41) is 8.77. The number of benzene rings is 4. The average Bonchev–Trinajstić information content (AvgIpc) is 3.02. The molecule has 3 amide bonds. The number of aryl methyl sites for hydroxylation is 2. The van der Waals surface area contributed by atoms with Crippen LogP contribution in [0.1, 0.15) is 34.2 Å². The van der Waals surface area contributed by atoms with E-state index in [1.807, 2.05) is 110 Å². The number of rotatable bonds is 6. The van der Waals surface area contributed by atoms with Crippen molar-refractivity contribution in [2.24, 2.45) is 5.73 Å². The van der Waals surface area contributed by atoms with Crippen LogP contribution in [0, 0.1) is 6.92 Å². The molecule has 4 aromatic rings. The number of nitrogens with two attached hydrogens (primary N) is 1. The maximum Gasteiger partial charge on any atom is 0.243 e. The van der Waals surface area contributed by atoms with Crippen LogP contribution in [0.25, 0.3) is 0 Å². The number of hydrogen-bond acceptors (Lipinski definition) is 5. The highest BCUT2D eigenvalue weighted by Gasteiger charge is 2.29. The molecule has 0 radical (unpaired) electrons. The lowest BCUT2D eigenvalue weighted by molar-refractivity contribution is -0.132. The molecule has 0 spiro atoms. The summed E-state index contributed by atoms with van der Waals surface area (Å²) in [5.41, 5.74) is 11.1. The van der Waals surface area contributed by atoms with Gasteiger partial charge in [0, 0.05) is 13.0 Å². The first-order chi connectivity index (χ1) is 21.3. The second-order valence-corrected chi connectivity index (χ2v) is 11.3. The second kappa shape index (κ2) is 14.5. The number of hydrogen-bond donors (Lipinski definition) is 4. The smallest absolute Gasteiger partial charge is 0.243 e. The van der Waals surface area contributed by atoms with Gasteiger partial charge < -0.3 is 26.4 Å². The second-order valence-electron chi connectivity index (χ2n) is 11.3. The molecular weight excluding hydrogens is 552 g/mol. The number of ether oxygens (including phenoxy) is 1. The van der Waals surface area contributed by atoms with E-state index in [2.05, 4.69) is 16.0 Å². The summed E-state index contributed by atoms with van der Waals surface area (Å²) in [6.07, 6.45) is 1.38. The van der Waals surface area contributed by atoms with Crippen molar-refractivity contribution in [1.82, 2.24) is 16.0 Å². The van der Waals surface area contributed by atoms with Gasteiger partial charge in [-0.3, -0.25) is 14.4 Å². The third-order valence-corrected chi connectivity index (χ3v) is 7.68. The fourth-order valence-corrected chi connectivity index (χ4v) is 5.19. The quantitative estimate of drug-likeness (QED) is 0.269. The van der Waals surface area contributed by atoms with Crippen LogP contribution < -0.4 is 26.4 Å². The normalized spacial score (nSPS) is 18.8. The zero-order chi connectivity index (χ0) is 30.9. The van der Waals surface area contributed by atoms with Crippen molar-refractivity contribution in [3.63, 3.8) is 0 Å². The molecule has 1 aliphatic rings. The molecule has 0 saturated heterocycles. The third-order valence-electron chi connectivity index (χ3n) is 7.68. The van der Waals surface area contributed by atoms with Gasteiger partial charge in [-0.1, -0.05) is 84.4 Å². The predicted molar refractivity (Wildman–Crippen MR) is 170 cm³/mol. The SMILES string of the molecule is Cc1ccc(CNC(=O)C2Cc3cccc(c3)Oc3cccc(c3)C[C@H](N)C(=O)NC(CCc3ccccc3)C(=O)N2)cc1. The highest BCUT2D eigenvalue weighted by Crippen LogP contribution is 2.24. The van der Waals surface area contributed by atoms with Crippen LogP contribution in [0.2, 0.25) is 0 Å². The molecule has 1 heterocycles. The monoisotopic (exact) mass is 590 g/mol. The molecule has 5 N–H and O–H groups in total. The van der Waals surface area contributed by atoms with Crippen LogP contribution in [0.4, 0.5) is 0 Å². The van der Waals surface area contributed by atoms with Crippen LogP contribution in [0.5, 0.6) is 11.5 Å². The Morgan fingerprint density at radius 3 is 2.14 bits per heavy atom. The lowest BCUT2D eigenvalue weighted by atomic mass is 10.0. The third kappa shape index (κ3) is 8.55. The van der Waals surface area contributed by atoms with Gasteiger partial charge >= 0.3 is 0 Å². The van der Waals surface area contributed by atoms with E-state index in [4.69, 9.17) is 10.5 Å². The Balaban J connectivity index is 1.43. The molecular formula is C36H38N4O4.